The van der Waals surface area contributed by atoms with Gasteiger partial charge in [0.25, 0.3) is 5.91 Å². The Bertz CT molecular complexity index is 752. The highest BCUT2D eigenvalue weighted by Gasteiger charge is 2.22. The molecule has 1 amide bonds. The Labute approximate surface area is 161 Å². The average molecular weight is 370 g/mol. The van der Waals surface area contributed by atoms with Crippen LogP contribution in [0.5, 0.6) is 0 Å². The lowest BCUT2D eigenvalue weighted by Crippen LogP contribution is -2.49. The van der Waals surface area contributed by atoms with E-state index < -0.39 is 0 Å². The molecule has 0 aliphatic carbocycles. The van der Waals surface area contributed by atoms with Crippen molar-refractivity contribution < 1.29 is 4.79 Å². The topological polar surface area (TPSA) is 35.6 Å². The maximum Gasteiger partial charge on any atom is 0.253 e. The summed E-state index contributed by atoms with van der Waals surface area (Å²) in [6.07, 6.45) is 0.999. The molecule has 2 aromatic carbocycles. The van der Waals surface area contributed by atoms with Crippen molar-refractivity contribution in [1.29, 1.82) is 0 Å². The van der Waals surface area contributed by atoms with Gasteiger partial charge in [0.05, 0.1) is 0 Å². The van der Waals surface area contributed by atoms with Gasteiger partial charge in [0, 0.05) is 55.9 Å². The molecule has 1 fully saturated rings. The predicted octanol–water partition coefficient (Wildman–Crippen LogP) is 3.33. The first-order valence-electron chi connectivity index (χ1n) is 9.15. The van der Waals surface area contributed by atoms with Crippen molar-refractivity contribution >= 4 is 24.2 Å². The molecule has 138 valence electrons. The van der Waals surface area contributed by atoms with Gasteiger partial charge in [0.15, 0.2) is 0 Å². The number of hydrogen-bond donors (Lipinski definition) is 2. The fourth-order valence-corrected chi connectivity index (χ4v) is 3.69. The van der Waals surface area contributed by atoms with Crippen LogP contribution >= 0.6 is 12.6 Å². The van der Waals surface area contributed by atoms with Crippen molar-refractivity contribution in [1.82, 2.24) is 9.80 Å². The number of nitrogens with one attached hydrogen (secondary N) is 1. The molecular formula is C21H27N3OS. The predicted molar refractivity (Wildman–Crippen MR) is 110 cm³/mol. The van der Waals surface area contributed by atoms with Crippen molar-refractivity contribution in [2.75, 3.05) is 45.1 Å². The van der Waals surface area contributed by atoms with Gasteiger partial charge < -0.3 is 10.2 Å². The molecule has 1 saturated heterocycles. The second kappa shape index (κ2) is 8.60. The van der Waals surface area contributed by atoms with E-state index in [0.29, 0.717) is 0 Å². The Hall–Kier alpha value is -1.98. The standard InChI is InChI=1S/C21H27N3OS/c1-16-3-4-17(20(26)15-16)9-10-23-11-13-24(14-12-23)21(25)18-5-7-19(22-2)8-6-18/h3-8,15,22,26H,9-14H2,1-2H3. The van der Waals surface area contributed by atoms with E-state index in [1.807, 2.05) is 36.2 Å². The zero-order valence-electron chi connectivity index (χ0n) is 15.5. The molecule has 0 spiro atoms. The molecule has 0 radical (unpaired) electrons. The van der Waals surface area contributed by atoms with Gasteiger partial charge in [-0.15, -0.1) is 12.6 Å². The summed E-state index contributed by atoms with van der Waals surface area (Å²) < 4.78 is 0. The molecule has 0 bridgehead atoms. The number of amides is 1. The van der Waals surface area contributed by atoms with Crippen LogP contribution in [0.2, 0.25) is 0 Å². The van der Waals surface area contributed by atoms with E-state index in [2.05, 4.69) is 48.0 Å². The van der Waals surface area contributed by atoms with Gasteiger partial charge in [-0.3, -0.25) is 9.69 Å². The summed E-state index contributed by atoms with van der Waals surface area (Å²) >= 11 is 4.59. The van der Waals surface area contributed by atoms with Crippen LogP contribution < -0.4 is 5.32 Å². The average Bonchev–Trinajstić information content (AvgIpc) is 2.67. The highest BCUT2D eigenvalue weighted by Crippen LogP contribution is 2.17. The van der Waals surface area contributed by atoms with Gasteiger partial charge in [0.2, 0.25) is 0 Å². The first-order chi connectivity index (χ1) is 12.6. The molecule has 2 aromatic rings. The lowest BCUT2D eigenvalue weighted by molar-refractivity contribution is 0.0638. The van der Waals surface area contributed by atoms with Crippen LogP contribution in [0.4, 0.5) is 5.69 Å². The fraction of sp³-hybridized carbons (Fsp3) is 0.381. The summed E-state index contributed by atoms with van der Waals surface area (Å²) in [6.45, 7) is 6.52. The molecule has 0 saturated carbocycles. The Morgan fingerprint density at radius 1 is 1.08 bits per heavy atom. The maximum absolute atomic E-state index is 12.6. The minimum Gasteiger partial charge on any atom is -0.388 e. The van der Waals surface area contributed by atoms with Crippen molar-refractivity contribution in [3.05, 3.63) is 59.2 Å². The molecule has 0 unspecified atom stereocenters. The lowest BCUT2D eigenvalue weighted by Gasteiger charge is -2.35. The number of carbonyl (C=O) groups is 1. The largest absolute Gasteiger partial charge is 0.388 e. The number of nitrogens with zero attached hydrogens (tertiary/aromatic N) is 2. The van der Waals surface area contributed by atoms with E-state index >= 15 is 0 Å². The SMILES string of the molecule is CNc1ccc(C(=O)N2CCN(CCc3ccc(C)cc3S)CC2)cc1. The third-order valence-corrected chi connectivity index (χ3v) is 5.43. The normalized spacial score (nSPS) is 15.1. The number of thiol groups is 1. The molecule has 1 N–H and O–H groups in total. The van der Waals surface area contributed by atoms with Crippen molar-refractivity contribution in [2.24, 2.45) is 0 Å². The number of anilines is 1. The van der Waals surface area contributed by atoms with Crippen molar-refractivity contribution in [3.63, 3.8) is 0 Å². The number of aryl methyl sites for hydroxylation is 1. The number of hydrogen-bond acceptors (Lipinski definition) is 4. The molecule has 3 rings (SSSR count). The van der Waals surface area contributed by atoms with E-state index in [-0.39, 0.29) is 5.91 Å². The third-order valence-electron chi connectivity index (χ3n) is 5.02. The molecular weight excluding hydrogens is 342 g/mol. The van der Waals surface area contributed by atoms with Crippen LogP contribution in [0.3, 0.4) is 0 Å². The van der Waals surface area contributed by atoms with Crippen LogP contribution in [0.25, 0.3) is 0 Å². The molecule has 0 aromatic heterocycles. The van der Waals surface area contributed by atoms with Gasteiger partial charge in [-0.1, -0.05) is 17.7 Å². The van der Waals surface area contributed by atoms with E-state index in [1.165, 1.54) is 11.1 Å². The quantitative estimate of drug-likeness (QED) is 0.794. The summed E-state index contributed by atoms with van der Waals surface area (Å²) in [5.41, 5.74) is 4.32. The minimum absolute atomic E-state index is 0.128. The first-order valence-corrected chi connectivity index (χ1v) is 9.59. The van der Waals surface area contributed by atoms with Crippen LogP contribution in [-0.4, -0.2) is 55.5 Å². The van der Waals surface area contributed by atoms with Crippen LogP contribution in [0.15, 0.2) is 47.4 Å². The molecule has 4 nitrogen and oxygen atoms in total. The number of carbonyl (C=O) groups excluding carboxylic acids is 1. The third kappa shape index (κ3) is 4.59. The van der Waals surface area contributed by atoms with E-state index in [4.69, 9.17) is 0 Å². The van der Waals surface area contributed by atoms with Crippen LogP contribution in [0, 0.1) is 6.92 Å². The zero-order valence-corrected chi connectivity index (χ0v) is 16.4. The van der Waals surface area contributed by atoms with Gasteiger partial charge in [-0.2, -0.15) is 0 Å². The maximum atomic E-state index is 12.6. The monoisotopic (exact) mass is 369 g/mol. The number of rotatable bonds is 5. The Morgan fingerprint density at radius 3 is 2.38 bits per heavy atom. The first kappa shape index (κ1) is 18.8. The van der Waals surface area contributed by atoms with Gasteiger partial charge in [-0.25, -0.2) is 0 Å². The summed E-state index contributed by atoms with van der Waals surface area (Å²) in [5, 5.41) is 3.08. The summed E-state index contributed by atoms with van der Waals surface area (Å²) in [4.78, 5) is 18.1. The number of benzene rings is 2. The lowest BCUT2D eigenvalue weighted by atomic mass is 10.1. The molecule has 0 atom stereocenters. The molecule has 5 heteroatoms. The number of piperazine rings is 1. The minimum atomic E-state index is 0.128. The summed E-state index contributed by atoms with van der Waals surface area (Å²) in [5.74, 6) is 0.128. The Kier molecular flexibility index (Phi) is 6.22. The smallest absolute Gasteiger partial charge is 0.253 e. The molecule has 1 heterocycles. The Morgan fingerprint density at radius 2 is 1.77 bits per heavy atom. The molecule has 1 aliphatic rings. The highest BCUT2D eigenvalue weighted by molar-refractivity contribution is 7.80. The fourth-order valence-electron chi connectivity index (χ4n) is 3.30. The van der Waals surface area contributed by atoms with Gasteiger partial charge >= 0.3 is 0 Å². The van der Waals surface area contributed by atoms with E-state index in [0.717, 1.165) is 55.3 Å². The van der Waals surface area contributed by atoms with Crippen molar-refractivity contribution in [2.45, 2.75) is 18.2 Å². The van der Waals surface area contributed by atoms with Crippen LogP contribution in [-0.2, 0) is 6.42 Å². The Balaban J connectivity index is 1.49. The second-order valence-corrected chi connectivity index (χ2v) is 7.33. The van der Waals surface area contributed by atoms with Crippen LogP contribution in [0.1, 0.15) is 21.5 Å². The second-order valence-electron chi connectivity index (χ2n) is 6.84. The summed E-state index contributed by atoms with van der Waals surface area (Å²) in [7, 11) is 1.88. The van der Waals surface area contributed by atoms with Gasteiger partial charge in [-0.05, 0) is 49.2 Å². The van der Waals surface area contributed by atoms with Crippen molar-refractivity contribution in [3.8, 4) is 0 Å². The zero-order chi connectivity index (χ0) is 18.5. The van der Waals surface area contributed by atoms with E-state index in [1.54, 1.807) is 0 Å². The molecule has 26 heavy (non-hydrogen) atoms. The highest BCUT2D eigenvalue weighted by atomic mass is 32.1. The summed E-state index contributed by atoms with van der Waals surface area (Å²) in [6, 6.07) is 14.1. The molecule has 1 aliphatic heterocycles. The van der Waals surface area contributed by atoms with E-state index in [9.17, 15) is 4.79 Å². The van der Waals surface area contributed by atoms with Gasteiger partial charge in [0.1, 0.15) is 0 Å².